The maximum Gasteiger partial charge on any atom is 0.257 e. The minimum absolute atomic E-state index is 0.0512. The zero-order valence-corrected chi connectivity index (χ0v) is 47.6. The fourth-order valence-corrected chi connectivity index (χ4v) is 15.5. The Balaban J connectivity index is 1.03. The molecule has 8 heteroatoms. The third-order valence-corrected chi connectivity index (χ3v) is 19.0. The lowest BCUT2D eigenvalue weighted by molar-refractivity contribution is 0.671. The lowest BCUT2D eigenvalue weighted by atomic mass is 9.28. The molecular formula is C75H59B3N4O. The van der Waals surface area contributed by atoms with E-state index in [1.54, 1.807) is 0 Å². The molecule has 0 amide bonds. The fourth-order valence-electron chi connectivity index (χ4n) is 15.5. The highest BCUT2D eigenvalue weighted by molar-refractivity contribution is 7.06. The molecule has 17 rings (SSSR count). The van der Waals surface area contributed by atoms with Crippen LogP contribution < -0.4 is 68.8 Å². The van der Waals surface area contributed by atoms with E-state index in [-0.39, 0.29) is 20.1 Å². The summed E-state index contributed by atoms with van der Waals surface area (Å²) in [5, 5.41) is 2.27. The number of para-hydroxylation sites is 7. The Bertz CT molecular complexity index is 4640. The maximum absolute atomic E-state index is 7.19. The van der Waals surface area contributed by atoms with Gasteiger partial charge in [-0.2, -0.15) is 0 Å². The summed E-state index contributed by atoms with van der Waals surface area (Å²) in [7, 11) is 0. The van der Waals surface area contributed by atoms with Gasteiger partial charge >= 0.3 is 0 Å². The first-order valence-corrected chi connectivity index (χ1v) is 29.9. The van der Waals surface area contributed by atoms with Crippen molar-refractivity contribution in [2.45, 2.75) is 59.3 Å². The van der Waals surface area contributed by atoms with E-state index in [1.807, 2.05) is 0 Å². The molecule has 5 aliphatic heterocycles. The minimum Gasteiger partial charge on any atom is -0.457 e. The highest BCUT2D eigenvalue weighted by Gasteiger charge is 2.53. The van der Waals surface area contributed by atoms with E-state index in [0.29, 0.717) is 17.8 Å². The molecule has 0 N–H and O–H groups in total. The number of fused-ring (bicyclic) bond motifs is 16. The summed E-state index contributed by atoms with van der Waals surface area (Å²) >= 11 is 0. The number of anilines is 12. The smallest absolute Gasteiger partial charge is 0.257 e. The first kappa shape index (κ1) is 48.3. The fraction of sp³-hybridized carbons (Fsp3) is 0.120. The molecule has 0 saturated carbocycles. The van der Waals surface area contributed by atoms with E-state index < -0.39 is 0 Å². The Morgan fingerprint density at radius 2 is 0.735 bits per heavy atom. The van der Waals surface area contributed by atoms with Gasteiger partial charge in [0.15, 0.2) is 0 Å². The van der Waals surface area contributed by atoms with Gasteiger partial charge in [-0.25, -0.2) is 0 Å². The summed E-state index contributed by atoms with van der Waals surface area (Å²) in [5.74, 6) is 1.00. The predicted molar refractivity (Wildman–Crippen MR) is 355 cm³/mol. The monoisotopic (exact) mass is 1060 g/mol. The maximum atomic E-state index is 7.19. The normalized spacial score (nSPS) is 14.1. The average molecular weight is 1060 g/mol. The minimum atomic E-state index is -0.143. The lowest BCUT2D eigenvalue weighted by Crippen LogP contribution is -2.69. The van der Waals surface area contributed by atoms with Crippen molar-refractivity contribution >= 4 is 159 Å². The zero-order valence-electron chi connectivity index (χ0n) is 47.6. The Hall–Kier alpha value is -9.39. The second kappa shape index (κ2) is 18.1. The molecule has 5 nitrogen and oxygen atoms in total. The molecule has 5 aliphatic rings. The van der Waals surface area contributed by atoms with Crippen molar-refractivity contribution in [2.24, 2.45) is 0 Å². The number of hydrogen-bond donors (Lipinski definition) is 0. The molecule has 6 heterocycles. The van der Waals surface area contributed by atoms with E-state index in [1.165, 1.54) is 111 Å². The van der Waals surface area contributed by atoms with Crippen LogP contribution >= 0.6 is 0 Å². The van der Waals surface area contributed by atoms with Crippen molar-refractivity contribution in [3.63, 3.8) is 0 Å². The van der Waals surface area contributed by atoms with Crippen LogP contribution in [0.4, 0.5) is 68.2 Å². The molecule has 0 spiro atoms. The van der Waals surface area contributed by atoms with Crippen LogP contribution in [0.5, 0.6) is 0 Å². The van der Waals surface area contributed by atoms with E-state index in [0.717, 1.165) is 44.7 Å². The lowest BCUT2D eigenvalue weighted by Gasteiger charge is -2.51. The summed E-state index contributed by atoms with van der Waals surface area (Å²) < 4.78 is 7.19. The van der Waals surface area contributed by atoms with Gasteiger partial charge in [-0.3, -0.25) is 0 Å². The van der Waals surface area contributed by atoms with Gasteiger partial charge in [-0.05, 0) is 163 Å². The molecule has 0 aliphatic carbocycles. The summed E-state index contributed by atoms with van der Waals surface area (Å²) in [6.07, 6.45) is 0. The average Bonchev–Trinajstić information content (AvgIpc) is 1.05. The first-order chi connectivity index (χ1) is 40.7. The molecule has 0 unspecified atom stereocenters. The van der Waals surface area contributed by atoms with Crippen molar-refractivity contribution in [3.8, 4) is 0 Å². The van der Waals surface area contributed by atoms with Gasteiger partial charge in [0, 0.05) is 79.0 Å². The number of hydrogen-bond acceptors (Lipinski definition) is 5. The SMILES string of the molecule is CC(C)c1cc(C(C)C)c(B2c3ccccc3N(c3ccccc3)c3cc4c(cc32)B2c3ccccc3N3c5ccccc5B5c6c(cc(c2c63)N4c2ccccc2)N(c2ccccc2)c2ccc3c(oc4ccccc43)c25)c(C(C)C)c1. The Morgan fingerprint density at radius 3 is 1.28 bits per heavy atom. The Morgan fingerprint density at radius 1 is 0.301 bits per heavy atom. The standard InChI is InChI=1S/C75H59B3N4O/c1-45(2)48-40-54(46(3)4)70(55(41-48)47(5)6)76-56-31-17-20-34-61(56)79(49-24-10-7-11-25-49)65-43-66-60(42-59(65)76)77-57-32-18-21-35-62(57)82-63-36-22-19-33-58(63)78-72-68(44-67(71(77)74(72)82)81(66)51-28-14-9-15-29-51)80(50-26-12-8-13-27-50)64-39-38-53-52-30-16-23-37-69(52)83-75(53)73(64)78/h7-47H,1-6H3. The van der Waals surface area contributed by atoms with E-state index in [9.17, 15) is 0 Å². The third-order valence-electron chi connectivity index (χ3n) is 19.0. The van der Waals surface area contributed by atoms with Crippen LogP contribution in [0.1, 0.15) is 76.0 Å². The van der Waals surface area contributed by atoms with Crippen LogP contribution in [-0.4, -0.2) is 20.1 Å². The van der Waals surface area contributed by atoms with Crippen LogP contribution in [0, 0.1) is 0 Å². The quantitative estimate of drug-likeness (QED) is 0.148. The topological polar surface area (TPSA) is 26.1 Å². The largest absolute Gasteiger partial charge is 0.457 e. The molecule has 11 aromatic carbocycles. The molecular weight excluding hydrogens is 1010 g/mol. The van der Waals surface area contributed by atoms with E-state index in [2.05, 4.69) is 292 Å². The molecule has 83 heavy (non-hydrogen) atoms. The van der Waals surface area contributed by atoms with Gasteiger partial charge in [0.2, 0.25) is 6.71 Å². The van der Waals surface area contributed by atoms with Gasteiger partial charge in [-0.15, -0.1) is 0 Å². The van der Waals surface area contributed by atoms with Gasteiger partial charge in [-0.1, -0.05) is 193 Å². The molecule has 1 aromatic heterocycles. The van der Waals surface area contributed by atoms with Crippen LogP contribution in [0.15, 0.2) is 235 Å². The van der Waals surface area contributed by atoms with E-state index in [4.69, 9.17) is 4.42 Å². The van der Waals surface area contributed by atoms with Crippen molar-refractivity contribution in [1.82, 2.24) is 0 Å². The van der Waals surface area contributed by atoms with Crippen LogP contribution in [0.25, 0.3) is 21.9 Å². The van der Waals surface area contributed by atoms with Crippen LogP contribution in [-0.2, 0) is 0 Å². The highest BCUT2D eigenvalue weighted by Crippen LogP contribution is 2.52. The zero-order chi connectivity index (χ0) is 55.5. The van der Waals surface area contributed by atoms with Gasteiger partial charge in [0.05, 0.1) is 0 Å². The highest BCUT2D eigenvalue weighted by atomic mass is 16.3. The number of nitrogens with zero attached hydrogens (tertiary/aromatic N) is 4. The molecule has 0 fully saturated rings. The summed E-state index contributed by atoms with van der Waals surface area (Å²) in [6, 6.07) is 87.3. The Kier molecular flexibility index (Phi) is 10.5. The third kappa shape index (κ3) is 6.75. The first-order valence-electron chi connectivity index (χ1n) is 29.9. The molecule has 0 bridgehead atoms. The summed E-state index contributed by atoms with van der Waals surface area (Å²) in [4.78, 5) is 10.4. The summed E-state index contributed by atoms with van der Waals surface area (Å²) in [5.41, 5.74) is 32.1. The predicted octanol–water partition coefficient (Wildman–Crippen LogP) is 14.0. The van der Waals surface area contributed by atoms with Gasteiger partial charge in [0.25, 0.3) is 13.4 Å². The van der Waals surface area contributed by atoms with E-state index >= 15 is 0 Å². The van der Waals surface area contributed by atoms with Crippen molar-refractivity contribution in [1.29, 1.82) is 0 Å². The molecule has 0 saturated heterocycles. The van der Waals surface area contributed by atoms with Crippen LogP contribution in [0.3, 0.4) is 0 Å². The second-order valence-electron chi connectivity index (χ2n) is 24.4. The molecule has 12 aromatic rings. The summed E-state index contributed by atoms with van der Waals surface area (Å²) in [6.45, 7) is 14.0. The van der Waals surface area contributed by atoms with Crippen molar-refractivity contribution < 1.29 is 4.42 Å². The second-order valence-corrected chi connectivity index (χ2v) is 24.4. The molecule has 0 radical (unpaired) electrons. The van der Waals surface area contributed by atoms with Crippen molar-refractivity contribution in [3.05, 3.63) is 247 Å². The molecule has 394 valence electrons. The Labute approximate surface area is 487 Å². The number of benzene rings is 11. The van der Waals surface area contributed by atoms with Gasteiger partial charge in [0.1, 0.15) is 11.2 Å². The van der Waals surface area contributed by atoms with Crippen molar-refractivity contribution in [2.75, 3.05) is 19.6 Å². The molecule has 0 atom stereocenters. The van der Waals surface area contributed by atoms with Gasteiger partial charge < -0.3 is 24.0 Å². The van der Waals surface area contributed by atoms with Crippen LogP contribution in [0.2, 0.25) is 0 Å². The number of furan rings is 1. The number of rotatable bonds is 7.